The molecule has 1 aliphatic rings. The van der Waals surface area contributed by atoms with Crippen molar-refractivity contribution in [1.29, 1.82) is 0 Å². The lowest BCUT2D eigenvalue weighted by atomic mass is 9.97. The average molecular weight is 404 g/mol. The fourth-order valence-electron chi connectivity index (χ4n) is 3.80. The maximum atomic E-state index is 13.5. The van der Waals surface area contributed by atoms with E-state index in [1.54, 1.807) is 17.9 Å². The summed E-state index contributed by atoms with van der Waals surface area (Å²) in [4.78, 5) is 41.0. The third-order valence-corrected chi connectivity index (χ3v) is 5.42. The first-order chi connectivity index (χ1) is 14.4. The number of benzene rings is 2. The standard InChI is InChI=1S/C24H21FN2O3/c1-16-6-11-21(28)27(14-16)22(23(29)18-7-9-20(25)10-8-18)24(30)26-13-12-17-4-2-3-5-19(17)15-26/h2-11,14,22H,12-13,15H2,1H3. The van der Waals surface area contributed by atoms with Crippen molar-refractivity contribution in [1.82, 2.24) is 9.47 Å². The topological polar surface area (TPSA) is 59.4 Å². The quantitative estimate of drug-likeness (QED) is 0.495. The molecule has 0 bridgehead atoms. The Bertz CT molecular complexity index is 1170. The van der Waals surface area contributed by atoms with Crippen LogP contribution >= 0.6 is 0 Å². The summed E-state index contributed by atoms with van der Waals surface area (Å²) in [7, 11) is 0. The smallest absolute Gasteiger partial charge is 0.254 e. The minimum atomic E-state index is -1.34. The molecule has 0 saturated heterocycles. The van der Waals surface area contributed by atoms with Crippen LogP contribution in [-0.4, -0.2) is 27.7 Å². The van der Waals surface area contributed by atoms with Crippen molar-refractivity contribution in [2.75, 3.05) is 6.54 Å². The Hall–Kier alpha value is -3.54. The van der Waals surface area contributed by atoms with E-state index in [1.165, 1.54) is 46.7 Å². The molecule has 1 amide bonds. The van der Waals surface area contributed by atoms with Gasteiger partial charge in [0.2, 0.25) is 0 Å². The summed E-state index contributed by atoms with van der Waals surface area (Å²) in [5.41, 5.74) is 2.70. The lowest BCUT2D eigenvalue weighted by Gasteiger charge is -2.32. The van der Waals surface area contributed by atoms with Crippen LogP contribution in [0.5, 0.6) is 0 Å². The molecule has 1 aromatic heterocycles. The van der Waals surface area contributed by atoms with Gasteiger partial charge in [-0.25, -0.2) is 4.39 Å². The summed E-state index contributed by atoms with van der Waals surface area (Å²) in [6.45, 7) is 2.63. The van der Waals surface area contributed by atoms with Crippen LogP contribution in [0.15, 0.2) is 71.7 Å². The zero-order valence-corrected chi connectivity index (χ0v) is 16.5. The molecule has 0 spiro atoms. The molecular weight excluding hydrogens is 383 g/mol. The molecule has 0 N–H and O–H groups in total. The Morgan fingerprint density at radius 2 is 1.67 bits per heavy atom. The third-order valence-electron chi connectivity index (χ3n) is 5.42. The average Bonchev–Trinajstić information content (AvgIpc) is 2.76. The van der Waals surface area contributed by atoms with Gasteiger partial charge >= 0.3 is 0 Å². The molecule has 0 radical (unpaired) electrons. The second-order valence-corrected chi connectivity index (χ2v) is 7.50. The molecule has 2 aromatic carbocycles. The number of carbonyl (C=O) groups is 2. The number of nitrogens with zero attached hydrogens (tertiary/aromatic N) is 2. The molecule has 0 aliphatic carbocycles. The van der Waals surface area contributed by atoms with E-state index in [1.807, 2.05) is 24.3 Å². The van der Waals surface area contributed by atoms with Crippen LogP contribution in [0.25, 0.3) is 0 Å². The number of pyridine rings is 1. The number of carbonyl (C=O) groups excluding carboxylic acids is 2. The predicted molar refractivity (Wildman–Crippen MR) is 111 cm³/mol. The van der Waals surface area contributed by atoms with Gasteiger partial charge in [0.05, 0.1) is 0 Å². The van der Waals surface area contributed by atoms with Gasteiger partial charge in [0.25, 0.3) is 11.5 Å². The summed E-state index contributed by atoms with van der Waals surface area (Å²) in [5.74, 6) is -1.45. The van der Waals surface area contributed by atoms with Gasteiger partial charge < -0.3 is 4.90 Å². The molecule has 30 heavy (non-hydrogen) atoms. The van der Waals surface area contributed by atoms with Crippen molar-refractivity contribution < 1.29 is 14.0 Å². The highest BCUT2D eigenvalue weighted by Crippen LogP contribution is 2.23. The highest BCUT2D eigenvalue weighted by Gasteiger charge is 2.35. The van der Waals surface area contributed by atoms with Crippen LogP contribution in [0, 0.1) is 12.7 Å². The van der Waals surface area contributed by atoms with Gasteiger partial charge in [-0.05, 0) is 54.3 Å². The fourth-order valence-corrected chi connectivity index (χ4v) is 3.80. The van der Waals surface area contributed by atoms with E-state index < -0.39 is 29.1 Å². The summed E-state index contributed by atoms with van der Waals surface area (Å²) in [5, 5.41) is 0. The molecule has 0 saturated carbocycles. The number of Topliss-reactive ketones (excluding diaryl/α,β-unsaturated/α-hetero) is 1. The Kier molecular flexibility index (Phi) is 5.31. The van der Waals surface area contributed by atoms with Gasteiger partial charge in [-0.15, -0.1) is 0 Å². The largest absolute Gasteiger partial charge is 0.336 e. The molecule has 6 heteroatoms. The zero-order valence-electron chi connectivity index (χ0n) is 16.5. The lowest BCUT2D eigenvalue weighted by molar-refractivity contribution is -0.134. The molecular formula is C24H21FN2O3. The highest BCUT2D eigenvalue weighted by atomic mass is 19.1. The Morgan fingerprint density at radius 1 is 0.967 bits per heavy atom. The van der Waals surface area contributed by atoms with Gasteiger partial charge in [-0.2, -0.15) is 0 Å². The van der Waals surface area contributed by atoms with E-state index in [0.717, 1.165) is 11.1 Å². The van der Waals surface area contributed by atoms with Crippen LogP contribution in [0.2, 0.25) is 0 Å². The Balaban J connectivity index is 1.74. The van der Waals surface area contributed by atoms with E-state index in [9.17, 15) is 18.8 Å². The van der Waals surface area contributed by atoms with Crippen LogP contribution in [0.3, 0.4) is 0 Å². The summed E-state index contributed by atoms with van der Waals surface area (Å²) >= 11 is 0. The highest BCUT2D eigenvalue weighted by molar-refractivity contribution is 6.11. The molecule has 1 unspecified atom stereocenters. The van der Waals surface area contributed by atoms with Gasteiger partial charge in [0.15, 0.2) is 11.8 Å². The van der Waals surface area contributed by atoms with Crippen molar-refractivity contribution >= 4 is 11.7 Å². The van der Waals surface area contributed by atoms with E-state index in [2.05, 4.69) is 0 Å². The molecule has 1 atom stereocenters. The SMILES string of the molecule is Cc1ccc(=O)n(C(C(=O)c2ccc(F)cc2)C(=O)N2CCc3ccccc3C2)c1. The summed E-state index contributed by atoms with van der Waals surface area (Å²) in [6.07, 6.45) is 2.20. The maximum absolute atomic E-state index is 13.5. The van der Waals surface area contributed by atoms with Gasteiger partial charge in [0.1, 0.15) is 5.82 Å². The van der Waals surface area contributed by atoms with Crippen molar-refractivity contribution in [2.24, 2.45) is 0 Å². The van der Waals surface area contributed by atoms with E-state index in [-0.39, 0.29) is 5.56 Å². The zero-order chi connectivity index (χ0) is 21.3. The minimum absolute atomic E-state index is 0.181. The predicted octanol–water partition coefficient (Wildman–Crippen LogP) is 3.30. The van der Waals surface area contributed by atoms with Crippen LogP contribution in [-0.2, 0) is 17.8 Å². The first-order valence-electron chi connectivity index (χ1n) is 9.78. The van der Waals surface area contributed by atoms with Gasteiger partial charge in [-0.3, -0.25) is 19.0 Å². The maximum Gasteiger partial charge on any atom is 0.254 e. The Morgan fingerprint density at radius 3 is 2.40 bits per heavy atom. The summed E-state index contributed by atoms with van der Waals surface area (Å²) < 4.78 is 14.5. The van der Waals surface area contributed by atoms with Crippen molar-refractivity contribution in [3.05, 3.63) is 105 Å². The molecule has 4 rings (SSSR count). The number of aromatic nitrogens is 1. The molecule has 3 aromatic rings. The fraction of sp³-hybridized carbons (Fsp3) is 0.208. The van der Waals surface area contributed by atoms with Gasteiger partial charge in [-0.1, -0.05) is 30.3 Å². The van der Waals surface area contributed by atoms with Crippen LogP contribution in [0.4, 0.5) is 4.39 Å². The normalized spacial score (nSPS) is 14.1. The second-order valence-electron chi connectivity index (χ2n) is 7.50. The number of ketones is 1. The first-order valence-corrected chi connectivity index (χ1v) is 9.78. The van der Waals surface area contributed by atoms with Crippen LogP contribution in [0.1, 0.15) is 33.1 Å². The monoisotopic (exact) mass is 404 g/mol. The molecule has 2 heterocycles. The number of fused-ring (bicyclic) bond motifs is 1. The first kappa shape index (κ1) is 19.8. The van der Waals surface area contributed by atoms with E-state index in [4.69, 9.17) is 0 Å². The molecule has 1 aliphatic heterocycles. The number of rotatable bonds is 4. The molecule has 0 fully saturated rings. The van der Waals surface area contributed by atoms with Crippen molar-refractivity contribution in [3.8, 4) is 0 Å². The molecule has 152 valence electrons. The molecule has 5 nitrogen and oxygen atoms in total. The number of hydrogen-bond donors (Lipinski definition) is 0. The number of aryl methyl sites for hydroxylation is 1. The van der Waals surface area contributed by atoms with E-state index in [0.29, 0.717) is 19.5 Å². The lowest BCUT2D eigenvalue weighted by Crippen LogP contribution is -2.45. The third kappa shape index (κ3) is 3.81. The Labute approximate surface area is 173 Å². The minimum Gasteiger partial charge on any atom is -0.336 e. The summed E-state index contributed by atoms with van der Waals surface area (Å²) in [6, 6.07) is 14.5. The van der Waals surface area contributed by atoms with Crippen molar-refractivity contribution in [2.45, 2.75) is 25.9 Å². The van der Waals surface area contributed by atoms with Crippen LogP contribution < -0.4 is 5.56 Å². The van der Waals surface area contributed by atoms with E-state index >= 15 is 0 Å². The second kappa shape index (κ2) is 8.06. The van der Waals surface area contributed by atoms with Crippen molar-refractivity contribution in [3.63, 3.8) is 0 Å². The number of halogens is 1. The number of hydrogen-bond acceptors (Lipinski definition) is 3. The van der Waals surface area contributed by atoms with Gasteiger partial charge in [0, 0.05) is 30.9 Å². The number of amides is 1.